The van der Waals surface area contributed by atoms with E-state index in [9.17, 15) is 19.5 Å². The molecule has 5 aromatic rings. The predicted octanol–water partition coefficient (Wildman–Crippen LogP) is 5.69. The number of hydrogen-bond donors (Lipinski definition) is 3. The molecule has 3 N–H and O–H groups in total. The molecule has 13 nitrogen and oxygen atoms in total. The van der Waals surface area contributed by atoms with Gasteiger partial charge < -0.3 is 24.6 Å². The fraction of sp³-hybridized carbons (Fsp3) is 0.465. The Morgan fingerprint density at radius 1 is 1.00 bits per heavy atom. The lowest BCUT2D eigenvalue weighted by Gasteiger charge is -2.46. The van der Waals surface area contributed by atoms with Crippen LogP contribution in [0.15, 0.2) is 59.5 Å². The van der Waals surface area contributed by atoms with Gasteiger partial charge in [0.2, 0.25) is 11.8 Å². The number of rotatable bonds is 9. The summed E-state index contributed by atoms with van der Waals surface area (Å²) in [6.07, 6.45) is 9.41. The van der Waals surface area contributed by atoms with Gasteiger partial charge in [0, 0.05) is 104 Å². The Bertz CT molecular complexity index is 2360. The molecule has 0 radical (unpaired) electrons. The Morgan fingerprint density at radius 2 is 1.72 bits per heavy atom. The number of nitrogens with zero attached hydrogens (tertiary/aromatic N) is 6. The maximum atomic E-state index is 15.1. The number of pyridine rings is 1. The SMILES string of the molecule is CC(C)(O)c1cc2nn(C3CCC(N4CCN(CC5CN(c6cc(F)c([C@H]7CCC(=O)NC7=O)c(F)c6)C5)CC4)CC3)cc2cc1NC(=O)c1coc2cccnc12. The number of aromatic nitrogens is 3. The number of carbonyl (C=O) groups excluding carboxylic acids is 3. The van der Waals surface area contributed by atoms with Gasteiger partial charge in [-0.15, -0.1) is 0 Å². The maximum Gasteiger partial charge on any atom is 0.261 e. The van der Waals surface area contributed by atoms with E-state index in [-0.39, 0.29) is 30.4 Å². The lowest BCUT2D eigenvalue weighted by Crippen LogP contribution is -2.56. The van der Waals surface area contributed by atoms with Crippen LogP contribution in [0, 0.1) is 17.6 Å². The molecule has 0 spiro atoms. The molecule has 304 valence electrons. The third-order valence-corrected chi connectivity index (χ3v) is 12.6. The van der Waals surface area contributed by atoms with Crippen LogP contribution in [0.25, 0.3) is 22.0 Å². The van der Waals surface area contributed by atoms with Gasteiger partial charge >= 0.3 is 0 Å². The topological polar surface area (TPSA) is 149 Å². The summed E-state index contributed by atoms with van der Waals surface area (Å²) >= 11 is 0. The Labute approximate surface area is 334 Å². The number of piperidine rings is 1. The summed E-state index contributed by atoms with van der Waals surface area (Å²) < 4.78 is 37.8. The number of nitrogens with one attached hydrogen (secondary N) is 2. The molecular weight excluding hydrogens is 747 g/mol. The Balaban J connectivity index is 0.762. The van der Waals surface area contributed by atoms with Crippen LogP contribution < -0.4 is 15.5 Å². The minimum absolute atomic E-state index is 0.0643. The normalized spacial score (nSPS) is 22.7. The van der Waals surface area contributed by atoms with Gasteiger partial charge in [0.25, 0.3) is 5.91 Å². The lowest BCUT2D eigenvalue weighted by atomic mass is 9.89. The fourth-order valence-corrected chi connectivity index (χ4v) is 9.42. The van der Waals surface area contributed by atoms with Crippen LogP contribution in [0.5, 0.6) is 0 Å². The molecule has 6 heterocycles. The van der Waals surface area contributed by atoms with Crippen LogP contribution in [-0.2, 0) is 15.2 Å². The van der Waals surface area contributed by atoms with Crippen molar-refractivity contribution in [1.29, 1.82) is 0 Å². The lowest BCUT2D eigenvalue weighted by molar-refractivity contribution is -0.134. The minimum Gasteiger partial charge on any atom is -0.462 e. The summed E-state index contributed by atoms with van der Waals surface area (Å²) in [7, 11) is 0. The highest BCUT2D eigenvalue weighted by atomic mass is 19.1. The second kappa shape index (κ2) is 15.2. The van der Waals surface area contributed by atoms with Gasteiger partial charge in [-0.2, -0.15) is 5.10 Å². The van der Waals surface area contributed by atoms with Crippen molar-refractivity contribution < 1.29 is 32.7 Å². The van der Waals surface area contributed by atoms with Crippen LogP contribution in [0.1, 0.15) is 85.8 Å². The number of furan rings is 1. The number of aliphatic hydroxyl groups is 1. The van der Waals surface area contributed by atoms with Gasteiger partial charge in [0.15, 0.2) is 5.58 Å². The third kappa shape index (κ3) is 7.46. The van der Waals surface area contributed by atoms with E-state index in [0.29, 0.717) is 45.6 Å². The van der Waals surface area contributed by atoms with E-state index in [0.717, 1.165) is 82.4 Å². The van der Waals surface area contributed by atoms with Crippen molar-refractivity contribution in [3.63, 3.8) is 0 Å². The van der Waals surface area contributed by atoms with Gasteiger partial charge in [0.05, 0.1) is 23.1 Å². The molecular formula is C43H48F2N8O5. The van der Waals surface area contributed by atoms with Gasteiger partial charge in [0.1, 0.15) is 29.0 Å². The first-order chi connectivity index (χ1) is 27.9. The molecule has 9 rings (SSSR count). The van der Waals surface area contributed by atoms with Crippen molar-refractivity contribution in [2.45, 2.75) is 76.0 Å². The molecule has 4 fully saturated rings. The Hall–Kier alpha value is -5.25. The first-order valence-corrected chi connectivity index (χ1v) is 20.3. The summed E-state index contributed by atoms with van der Waals surface area (Å²) in [5.74, 6) is -3.51. The first-order valence-electron chi connectivity index (χ1n) is 20.3. The number of piperazine rings is 1. The molecule has 0 bridgehead atoms. The molecule has 3 saturated heterocycles. The van der Waals surface area contributed by atoms with Crippen LogP contribution in [-0.4, -0.2) is 99.2 Å². The highest BCUT2D eigenvalue weighted by Gasteiger charge is 2.36. The van der Waals surface area contributed by atoms with E-state index >= 15 is 8.78 Å². The highest BCUT2D eigenvalue weighted by molar-refractivity contribution is 6.12. The molecule has 2 aromatic carbocycles. The number of carbonyl (C=O) groups is 3. The van der Waals surface area contributed by atoms with Gasteiger partial charge in [-0.1, -0.05) is 0 Å². The summed E-state index contributed by atoms with van der Waals surface area (Å²) in [4.78, 5) is 48.5. The molecule has 1 atom stereocenters. The predicted molar refractivity (Wildman–Crippen MR) is 213 cm³/mol. The number of hydrogen-bond acceptors (Lipinski definition) is 10. The van der Waals surface area contributed by atoms with Crippen LogP contribution in [0.2, 0.25) is 0 Å². The van der Waals surface area contributed by atoms with E-state index in [1.807, 2.05) is 23.2 Å². The number of imide groups is 1. The summed E-state index contributed by atoms with van der Waals surface area (Å²) in [5, 5.41) is 22.1. The van der Waals surface area contributed by atoms with Crippen LogP contribution in [0.3, 0.4) is 0 Å². The Morgan fingerprint density at radius 3 is 2.43 bits per heavy atom. The quantitative estimate of drug-likeness (QED) is 0.159. The molecule has 15 heteroatoms. The second-order valence-corrected chi connectivity index (χ2v) is 17.0. The zero-order valence-electron chi connectivity index (χ0n) is 32.7. The molecule has 0 unspecified atom stereocenters. The average Bonchev–Trinajstić information content (AvgIpc) is 3.81. The number of benzene rings is 2. The summed E-state index contributed by atoms with van der Waals surface area (Å²) in [6.45, 7) is 9.77. The molecule has 4 aliphatic rings. The van der Waals surface area contributed by atoms with Crippen LogP contribution >= 0.6 is 0 Å². The number of halogens is 2. The van der Waals surface area contributed by atoms with E-state index < -0.39 is 35.0 Å². The number of anilines is 2. The van der Waals surface area contributed by atoms with Crippen molar-refractivity contribution >= 4 is 51.1 Å². The van der Waals surface area contributed by atoms with Crippen molar-refractivity contribution in [3.8, 4) is 0 Å². The minimum atomic E-state index is -1.23. The van der Waals surface area contributed by atoms with Gasteiger partial charge in [-0.3, -0.25) is 34.3 Å². The highest BCUT2D eigenvalue weighted by Crippen LogP contribution is 2.37. The summed E-state index contributed by atoms with van der Waals surface area (Å²) in [6, 6.07) is 10.7. The van der Waals surface area contributed by atoms with Crippen LogP contribution in [0.4, 0.5) is 20.2 Å². The smallest absolute Gasteiger partial charge is 0.261 e. The molecule has 3 aliphatic heterocycles. The van der Waals surface area contributed by atoms with E-state index in [1.54, 1.807) is 32.2 Å². The Kier molecular flexibility index (Phi) is 10.0. The van der Waals surface area contributed by atoms with E-state index in [1.165, 1.54) is 18.4 Å². The van der Waals surface area contributed by atoms with Gasteiger partial charge in [-0.25, -0.2) is 8.78 Å². The standard InChI is InChI=1S/C43H48F2N8O5/c1-43(2,57)32-19-35-26(16-36(32)47-42(56)31-24-58-37-4-3-11-46-40(31)37)23-53(49-35)28-7-5-27(6-8-28)51-14-12-50(13-15-51)20-25-21-52(22-25)29-17-33(44)39(34(45)18-29)30-9-10-38(54)48-41(30)55/h3-4,11,16-19,23-25,27-28,30,57H,5-10,12-15,20-22H2,1-2H3,(H,47,56)(H,48,54,55)/t27?,28?,30-/m1/s1. The molecule has 58 heavy (non-hydrogen) atoms. The zero-order chi connectivity index (χ0) is 40.3. The monoisotopic (exact) mass is 794 g/mol. The number of fused-ring (bicyclic) bond motifs is 2. The fourth-order valence-electron chi connectivity index (χ4n) is 9.42. The second-order valence-electron chi connectivity index (χ2n) is 17.0. The van der Waals surface area contributed by atoms with Crippen molar-refractivity contribution in [2.75, 3.05) is 56.0 Å². The molecule has 3 aromatic heterocycles. The van der Waals surface area contributed by atoms with Crippen molar-refractivity contribution in [3.05, 3.63) is 83.4 Å². The molecule has 3 amide bonds. The molecule has 1 aliphatic carbocycles. The zero-order valence-corrected chi connectivity index (χ0v) is 32.7. The van der Waals surface area contributed by atoms with E-state index in [2.05, 4.69) is 30.1 Å². The first kappa shape index (κ1) is 38.3. The molecule has 1 saturated carbocycles. The van der Waals surface area contributed by atoms with Gasteiger partial charge in [-0.05, 0) is 82.3 Å². The third-order valence-electron chi connectivity index (χ3n) is 12.6. The van der Waals surface area contributed by atoms with Crippen molar-refractivity contribution in [2.24, 2.45) is 5.92 Å². The van der Waals surface area contributed by atoms with Crippen molar-refractivity contribution in [1.82, 2.24) is 29.9 Å². The maximum absolute atomic E-state index is 15.1. The largest absolute Gasteiger partial charge is 0.462 e. The average molecular weight is 795 g/mol. The number of amides is 3. The van der Waals surface area contributed by atoms with E-state index in [4.69, 9.17) is 9.52 Å². The summed E-state index contributed by atoms with van der Waals surface area (Å²) in [5.41, 5.74) is 2.17.